The van der Waals surface area contributed by atoms with E-state index >= 15 is 0 Å². The van der Waals surface area contributed by atoms with Crippen molar-refractivity contribution in [2.24, 2.45) is 0 Å². The fourth-order valence-electron chi connectivity index (χ4n) is 2.71. The van der Waals surface area contributed by atoms with Crippen LogP contribution < -0.4 is 9.64 Å². The van der Waals surface area contributed by atoms with Gasteiger partial charge >= 0.3 is 5.97 Å². The maximum absolute atomic E-state index is 12.1. The van der Waals surface area contributed by atoms with Crippen LogP contribution in [0, 0.1) is 0 Å². The molecule has 126 valence electrons. The van der Waals surface area contributed by atoms with Gasteiger partial charge in [-0.2, -0.15) is 0 Å². The van der Waals surface area contributed by atoms with Crippen LogP contribution in [0.25, 0.3) is 0 Å². The van der Waals surface area contributed by atoms with E-state index < -0.39 is 5.97 Å². The highest BCUT2D eigenvalue weighted by Crippen LogP contribution is 2.36. The van der Waals surface area contributed by atoms with E-state index in [0.29, 0.717) is 11.3 Å². The maximum atomic E-state index is 12.1. The summed E-state index contributed by atoms with van der Waals surface area (Å²) < 4.78 is 10.2. The molecule has 0 spiro atoms. The van der Waals surface area contributed by atoms with Crippen molar-refractivity contribution in [3.05, 3.63) is 84.4 Å². The number of benzene rings is 3. The van der Waals surface area contributed by atoms with Gasteiger partial charge in [-0.15, -0.1) is 0 Å². The topological polar surface area (TPSA) is 38.8 Å². The van der Waals surface area contributed by atoms with Gasteiger partial charge in [0, 0.05) is 17.1 Å². The summed E-state index contributed by atoms with van der Waals surface area (Å²) in [7, 11) is 2.90. The Labute approximate surface area is 147 Å². The normalized spacial score (nSPS) is 10.2. The van der Waals surface area contributed by atoms with Crippen LogP contribution in [-0.4, -0.2) is 20.2 Å². The van der Waals surface area contributed by atoms with Crippen LogP contribution in [0.5, 0.6) is 5.75 Å². The second-order valence-electron chi connectivity index (χ2n) is 5.38. The second kappa shape index (κ2) is 7.53. The quantitative estimate of drug-likeness (QED) is 0.619. The molecule has 0 aliphatic heterocycles. The Kier molecular flexibility index (Phi) is 5.00. The average Bonchev–Trinajstić information content (AvgIpc) is 2.69. The van der Waals surface area contributed by atoms with Gasteiger partial charge in [0.1, 0.15) is 11.3 Å². The smallest absolute Gasteiger partial charge is 0.341 e. The number of anilines is 3. The molecule has 0 amide bonds. The van der Waals surface area contributed by atoms with Crippen molar-refractivity contribution < 1.29 is 14.3 Å². The molecule has 3 aromatic rings. The van der Waals surface area contributed by atoms with Gasteiger partial charge in [0.25, 0.3) is 0 Å². The number of hydrogen-bond acceptors (Lipinski definition) is 4. The molecule has 0 saturated carbocycles. The molecule has 0 atom stereocenters. The minimum absolute atomic E-state index is 0.388. The van der Waals surface area contributed by atoms with E-state index in [4.69, 9.17) is 9.47 Å². The third-order valence-electron chi connectivity index (χ3n) is 3.88. The van der Waals surface area contributed by atoms with E-state index in [1.165, 1.54) is 14.2 Å². The van der Waals surface area contributed by atoms with Gasteiger partial charge in [-0.1, -0.05) is 36.4 Å². The van der Waals surface area contributed by atoms with Gasteiger partial charge in [0.05, 0.1) is 14.2 Å². The lowest BCUT2D eigenvalue weighted by molar-refractivity contribution is 0.0597. The molecule has 0 aliphatic rings. The first-order valence-electron chi connectivity index (χ1n) is 7.91. The number of nitrogens with zero attached hydrogens (tertiary/aromatic N) is 1. The van der Waals surface area contributed by atoms with Crippen molar-refractivity contribution in [1.82, 2.24) is 0 Å². The molecule has 0 saturated heterocycles. The second-order valence-corrected chi connectivity index (χ2v) is 5.38. The van der Waals surface area contributed by atoms with Crippen LogP contribution in [0.4, 0.5) is 17.1 Å². The maximum Gasteiger partial charge on any atom is 0.341 e. The van der Waals surface area contributed by atoms with Crippen LogP contribution >= 0.6 is 0 Å². The van der Waals surface area contributed by atoms with Gasteiger partial charge in [0.2, 0.25) is 0 Å². The van der Waals surface area contributed by atoms with Crippen molar-refractivity contribution >= 4 is 23.0 Å². The number of hydrogen-bond donors (Lipinski definition) is 0. The fourth-order valence-corrected chi connectivity index (χ4v) is 2.71. The van der Waals surface area contributed by atoms with Gasteiger partial charge in [-0.05, 0) is 42.5 Å². The molecule has 0 unspecified atom stereocenters. The molecule has 0 aliphatic carbocycles. The Morgan fingerprint density at radius 2 is 1.32 bits per heavy atom. The van der Waals surface area contributed by atoms with E-state index in [1.54, 1.807) is 12.1 Å². The monoisotopic (exact) mass is 333 g/mol. The molecule has 0 bridgehead atoms. The molecule has 0 aromatic heterocycles. The summed E-state index contributed by atoms with van der Waals surface area (Å²) in [6.07, 6.45) is 0. The van der Waals surface area contributed by atoms with E-state index in [2.05, 4.69) is 4.90 Å². The van der Waals surface area contributed by atoms with Crippen LogP contribution in [0.15, 0.2) is 78.9 Å². The third-order valence-corrected chi connectivity index (χ3v) is 3.88. The van der Waals surface area contributed by atoms with Gasteiger partial charge in [0.15, 0.2) is 0 Å². The molecule has 4 nitrogen and oxygen atoms in total. The van der Waals surface area contributed by atoms with E-state index in [1.807, 2.05) is 66.7 Å². The Morgan fingerprint density at radius 1 is 0.760 bits per heavy atom. The van der Waals surface area contributed by atoms with Crippen LogP contribution in [0.2, 0.25) is 0 Å². The lowest BCUT2D eigenvalue weighted by atomic mass is 10.1. The Bertz CT molecular complexity index is 808. The van der Waals surface area contributed by atoms with Crippen LogP contribution in [0.3, 0.4) is 0 Å². The van der Waals surface area contributed by atoms with Crippen molar-refractivity contribution in [2.45, 2.75) is 0 Å². The van der Waals surface area contributed by atoms with Gasteiger partial charge < -0.3 is 14.4 Å². The largest absolute Gasteiger partial charge is 0.496 e. The lowest BCUT2D eigenvalue weighted by Gasteiger charge is -2.26. The summed E-state index contributed by atoms with van der Waals surface area (Å²) in [5.74, 6) is 0.0523. The zero-order chi connectivity index (χ0) is 17.6. The molecular weight excluding hydrogens is 314 g/mol. The fraction of sp³-hybridized carbons (Fsp3) is 0.0952. The zero-order valence-electron chi connectivity index (χ0n) is 14.2. The SMILES string of the molecule is COC(=O)c1cc(N(c2ccccc2)c2ccccc2)ccc1OC. The number of carbonyl (C=O) groups excluding carboxylic acids is 1. The minimum atomic E-state index is -0.431. The van der Waals surface area contributed by atoms with Gasteiger partial charge in [-0.25, -0.2) is 4.79 Å². The highest BCUT2D eigenvalue weighted by Gasteiger charge is 2.18. The molecular formula is C21H19NO3. The standard InChI is InChI=1S/C21H19NO3/c1-24-20-14-13-18(15-19(20)21(23)25-2)22(16-9-5-3-6-10-16)17-11-7-4-8-12-17/h3-15H,1-2H3. The minimum Gasteiger partial charge on any atom is -0.496 e. The summed E-state index contributed by atoms with van der Waals surface area (Å²) in [6, 6.07) is 25.4. The first kappa shape index (κ1) is 16.6. The van der Waals surface area contributed by atoms with E-state index in [9.17, 15) is 4.79 Å². The summed E-state index contributed by atoms with van der Waals surface area (Å²) in [4.78, 5) is 14.2. The molecule has 3 rings (SSSR count). The van der Waals surface area contributed by atoms with Crippen molar-refractivity contribution in [3.63, 3.8) is 0 Å². The van der Waals surface area contributed by atoms with Gasteiger partial charge in [-0.3, -0.25) is 0 Å². The highest BCUT2D eigenvalue weighted by molar-refractivity contribution is 5.94. The predicted octanol–water partition coefficient (Wildman–Crippen LogP) is 4.95. The van der Waals surface area contributed by atoms with E-state index in [0.717, 1.165) is 17.1 Å². The number of rotatable bonds is 5. The lowest BCUT2D eigenvalue weighted by Crippen LogP contribution is -2.12. The molecule has 0 radical (unpaired) electrons. The summed E-state index contributed by atoms with van der Waals surface area (Å²) in [6.45, 7) is 0. The Hall–Kier alpha value is -3.27. The van der Waals surface area contributed by atoms with Crippen molar-refractivity contribution in [1.29, 1.82) is 0 Å². The molecule has 25 heavy (non-hydrogen) atoms. The number of carbonyl (C=O) groups is 1. The summed E-state index contributed by atoms with van der Waals surface area (Å²) >= 11 is 0. The van der Waals surface area contributed by atoms with Crippen LogP contribution in [-0.2, 0) is 4.74 Å². The van der Waals surface area contributed by atoms with Crippen molar-refractivity contribution in [3.8, 4) is 5.75 Å². The number of esters is 1. The van der Waals surface area contributed by atoms with E-state index in [-0.39, 0.29) is 0 Å². The summed E-state index contributed by atoms with van der Waals surface area (Å²) in [5.41, 5.74) is 3.22. The zero-order valence-corrected chi connectivity index (χ0v) is 14.2. The number of ether oxygens (including phenoxy) is 2. The van der Waals surface area contributed by atoms with Crippen molar-refractivity contribution in [2.75, 3.05) is 19.1 Å². The molecule has 0 N–H and O–H groups in total. The molecule has 0 heterocycles. The summed E-state index contributed by atoms with van der Waals surface area (Å²) in [5, 5.41) is 0. The molecule has 0 fully saturated rings. The highest BCUT2D eigenvalue weighted by atomic mass is 16.5. The van der Waals surface area contributed by atoms with Crippen LogP contribution in [0.1, 0.15) is 10.4 Å². The average molecular weight is 333 g/mol. The molecule has 3 aromatic carbocycles. The first-order valence-corrected chi connectivity index (χ1v) is 7.91. The third kappa shape index (κ3) is 3.48. The Morgan fingerprint density at radius 3 is 1.80 bits per heavy atom. The number of methoxy groups -OCH3 is 2. The Balaban J connectivity index is 2.16. The predicted molar refractivity (Wildman–Crippen MR) is 99.0 cm³/mol. The molecule has 4 heteroatoms. The first-order chi connectivity index (χ1) is 12.2. The number of para-hydroxylation sites is 2.